The molecule has 0 unspecified atom stereocenters. The van der Waals surface area contributed by atoms with Crippen molar-refractivity contribution in [2.45, 2.75) is 19.1 Å². The number of nitrogens with one attached hydrogen (secondary N) is 1. The largest absolute Gasteiger partial charge is 0.374 e. The van der Waals surface area contributed by atoms with Gasteiger partial charge < -0.3 is 4.74 Å². The first-order valence-corrected chi connectivity index (χ1v) is 8.75. The Kier molecular flexibility index (Phi) is 5.15. The van der Waals surface area contributed by atoms with Gasteiger partial charge in [0.15, 0.2) is 0 Å². The van der Waals surface area contributed by atoms with Crippen molar-refractivity contribution in [3.63, 3.8) is 0 Å². The van der Waals surface area contributed by atoms with Gasteiger partial charge in [0, 0.05) is 13.1 Å². The highest BCUT2D eigenvalue weighted by atomic mass is 32.2. The standard InChI is InChI=1S/C14H22N2O3S/c1-3-16-9-10-19-13(11-15-20(2,17)18)14(16)12-7-5-4-6-8-12/h4-8,13-15H,3,9-11H2,1-2H3/t13-,14-/m0/s1. The number of hydrogen-bond acceptors (Lipinski definition) is 4. The summed E-state index contributed by atoms with van der Waals surface area (Å²) in [5.41, 5.74) is 1.16. The van der Waals surface area contributed by atoms with E-state index in [9.17, 15) is 8.42 Å². The van der Waals surface area contributed by atoms with Crippen molar-refractivity contribution in [1.82, 2.24) is 9.62 Å². The molecule has 20 heavy (non-hydrogen) atoms. The zero-order valence-electron chi connectivity index (χ0n) is 12.0. The fourth-order valence-corrected chi connectivity index (χ4v) is 3.09. The summed E-state index contributed by atoms with van der Waals surface area (Å²) < 4.78 is 30.9. The van der Waals surface area contributed by atoms with Gasteiger partial charge in [-0.15, -0.1) is 0 Å². The van der Waals surface area contributed by atoms with Crippen LogP contribution in [0.25, 0.3) is 0 Å². The van der Waals surface area contributed by atoms with E-state index in [2.05, 4.69) is 28.7 Å². The van der Waals surface area contributed by atoms with Crippen molar-refractivity contribution < 1.29 is 13.2 Å². The third-order valence-corrected chi connectivity index (χ3v) is 4.24. The van der Waals surface area contributed by atoms with Crippen molar-refractivity contribution in [1.29, 1.82) is 0 Å². The summed E-state index contributed by atoms with van der Waals surface area (Å²) in [7, 11) is -3.20. The Labute approximate surface area is 121 Å². The van der Waals surface area contributed by atoms with Gasteiger partial charge in [-0.05, 0) is 12.1 Å². The second-order valence-corrected chi connectivity index (χ2v) is 6.85. The Morgan fingerprint density at radius 1 is 1.35 bits per heavy atom. The zero-order valence-corrected chi connectivity index (χ0v) is 12.8. The summed E-state index contributed by atoms with van der Waals surface area (Å²) in [4.78, 5) is 2.33. The predicted molar refractivity (Wildman–Crippen MR) is 79.0 cm³/mol. The smallest absolute Gasteiger partial charge is 0.208 e. The molecule has 0 aliphatic carbocycles. The van der Waals surface area contributed by atoms with E-state index in [0.717, 1.165) is 18.7 Å². The molecule has 1 aromatic carbocycles. The molecule has 0 saturated carbocycles. The number of ether oxygens (including phenoxy) is 1. The molecule has 0 bridgehead atoms. The average Bonchev–Trinajstić information content (AvgIpc) is 2.44. The number of morpholine rings is 1. The maximum Gasteiger partial charge on any atom is 0.208 e. The molecule has 1 fully saturated rings. The summed E-state index contributed by atoms with van der Waals surface area (Å²) in [6.07, 6.45) is 1.01. The van der Waals surface area contributed by atoms with E-state index in [-0.39, 0.29) is 12.1 Å². The van der Waals surface area contributed by atoms with E-state index in [1.807, 2.05) is 18.2 Å². The first-order valence-electron chi connectivity index (χ1n) is 6.86. The van der Waals surface area contributed by atoms with E-state index < -0.39 is 10.0 Å². The summed E-state index contributed by atoms with van der Waals surface area (Å²) in [5, 5.41) is 0. The molecule has 112 valence electrons. The van der Waals surface area contributed by atoms with E-state index >= 15 is 0 Å². The van der Waals surface area contributed by atoms with E-state index in [1.54, 1.807) is 0 Å². The van der Waals surface area contributed by atoms with Gasteiger partial charge >= 0.3 is 0 Å². The molecule has 2 atom stereocenters. The van der Waals surface area contributed by atoms with Gasteiger partial charge in [0.05, 0.1) is 25.0 Å². The first kappa shape index (κ1) is 15.4. The van der Waals surface area contributed by atoms with Crippen LogP contribution in [-0.2, 0) is 14.8 Å². The number of benzene rings is 1. The van der Waals surface area contributed by atoms with Crippen LogP contribution in [0.15, 0.2) is 30.3 Å². The lowest BCUT2D eigenvalue weighted by Crippen LogP contribution is -2.49. The van der Waals surface area contributed by atoms with Crippen LogP contribution in [0.3, 0.4) is 0 Å². The maximum absolute atomic E-state index is 11.3. The number of likely N-dealkylation sites (N-methyl/N-ethyl adjacent to an activating group) is 1. The molecule has 1 aliphatic rings. The van der Waals surface area contributed by atoms with Gasteiger partial charge in [-0.3, -0.25) is 4.90 Å². The monoisotopic (exact) mass is 298 g/mol. The predicted octanol–water partition coefficient (Wildman–Crippen LogP) is 0.998. The molecule has 0 aromatic heterocycles. The normalized spacial score (nSPS) is 24.7. The Balaban J connectivity index is 2.19. The van der Waals surface area contributed by atoms with Crippen LogP contribution in [0.4, 0.5) is 0 Å². The molecule has 1 aromatic rings. The molecule has 1 N–H and O–H groups in total. The van der Waals surface area contributed by atoms with Crippen LogP contribution >= 0.6 is 0 Å². The number of sulfonamides is 1. The highest BCUT2D eigenvalue weighted by Crippen LogP contribution is 2.29. The second kappa shape index (κ2) is 6.67. The maximum atomic E-state index is 11.3. The molecule has 1 heterocycles. The highest BCUT2D eigenvalue weighted by molar-refractivity contribution is 7.88. The van der Waals surface area contributed by atoms with E-state index in [0.29, 0.717) is 13.2 Å². The van der Waals surface area contributed by atoms with Crippen LogP contribution in [0.1, 0.15) is 18.5 Å². The number of hydrogen-bond donors (Lipinski definition) is 1. The molecule has 0 radical (unpaired) electrons. The molecule has 0 amide bonds. The Morgan fingerprint density at radius 2 is 2.05 bits per heavy atom. The molecule has 2 rings (SSSR count). The van der Waals surface area contributed by atoms with Crippen molar-refractivity contribution in [2.24, 2.45) is 0 Å². The summed E-state index contributed by atoms with van der Waals surface area (Å²) >= 11 is 0. The number of rotatable bonds is 5. The zero-order chi connectivity index (χ0) is 14.6. The molecular formula is C14H22N2O3S. The number of nitrogens with zero attached hydrogens (tertiary/aromatic N) is 1. The van der Waals surface area contributed by atoms with Crippen molar-refractivity contribution in [2.75, 3.05) is 32.5 Å². The van der Waals surface area contributed by atoms with Crippen LogP contribution in [0.5, 0.6) is 0 Å². The highest BCUT2D eigenvalue weighted by Gasteiger charge is 2.32. The van der Waals surface area contributed by atoms with Gasteiger partial charge in [0.1, 0.15) is 0 Å². The lowest BCUT2D eigenvalue weighted by molar-refractivity contribution is -0.0673. The SMILES string of the molecule is CCN1CCO[C@@H](CNS(C)(=O)=O)[C@@H]1c1ccccc1. The quantitative estimate of drug-likeness (QED) is 0.881. The van der Waals surface area contributed by atoms with Crippen molar-refractivity contribution >= 4 is 10.0 Å². The Morgan fingerprint density at radius 3 is 2.65 bits per heavy atom. The van der Waals surface area contributed by atoms with Gasteiger partial charge in [0.2, 0.25) is 10.0 Å². The molecule has 6 heteroatoms. The molecule has 5 nitrogen and oxygen atoms in total. The third-order valence-electron chi connectivity index (χ3n) is 3.55. The Hall–Kier alpha value is -0.950. The fourth-order valence-electron chi connectivity index (χ4n) is 2.62. The van der Waals surface area contributed by atoms with Crippen molar-refractivity contribution in [3.05, 3.63) is 35.9 Å². The van der Waals surface area contributed by atoms with Crippen LogP contribution < -0.4 is 4.72 Å². The van der Waals surface area contributed by atoms with Gasteiger partial charge in [-0.1, -0.05) is 37.3 Å². The summed E-state index contributed by atoms with van der Waals surface area (Å²) in [6.45, 7) is 4.83. The fraction of sp³-hybridized carbons (Fsp3) is 0.571. The lowest BCUT2D eigenvalue weighted by Gasteiger charge is -2.41. The van der Waals surface area contributed by atoms with Crippen LogP contribution in [0, 0.1) is 0 Å². The molecule has 0 spiro atoms. The van der Waals surface area contributed by atoms with Crippen molar-refractivity contribution in [3.8, 4) is 0 Å². The molecular weight excluding hydrogens is 276 g/mol. The Bertz CT molecular complexity index is 518. The molecule has 1 aliphatic heterocycles. The minimum absolute atomic E-state index is 0.0872. The van der Waals surface area contributed by atoms with Crippen LogP contribution in [0.2, 0.25) is 0 Å². The summed E-state index contributed by atoms with van der Waals surface area (Å²) in [5.74, 6) is 0. The minimum atomic E-state index is -3.20. The van der Waals surface area contributed by atoms with E-state index in [1.165, 1.54) is 6.26 Å². The lowest BCUT2D eigenvalue weighted by atomic mass is 9.98. The topological polar surface area (TPSA) is 58.6 Å². The van der Waals surface area contributed by atoms with Gasteiger partial charge in [0.25, 0.3) is 0 Å². The second-order valence-electron chi connectivity index (χ2n) is 5.01. The third kappa shape index (κ3) is 4.02. The average molecular weight is 298 g/mol. The minimum Gasteiger partial charge on any atom is -0.374 e. The summed E-state index contributed by atoms with van der Waals surface area (Å²) in [6, 6.07) is 10.2. The van der Waals surface area contributed by atoms with Gasteiger partial charge in [-0.25, -0.2) is 13.1 Å². The van der Waals surface area contributed by atoms with E-state index in [4.69, 9.17) is 4.74 Å². The van der Waals surface area contributed by atoms with Crippen LogP contribution in [-0.4, -0.2) is 51.9 Å². The molecule has 1 saturated heterocycles. The van der Waals surface area contributed by atoms with Gasteiger partial charge in [-0.2, -0.15) is 0 Å². The first-order chi connectivity index (χ1) is 9.51.